The molecule has 6 nitrogen and oxygen atoms in total. The second-order valence-corrected chi connectivity index (χ2v) is 7.24. The van der Waals surface area contributed by atoms with Gasteiger partial charge in [0, 0.05) is 38.7 Å². The van der Waals surface area contributed by atoms with Crippen LogP contribution < -0.4 is 14.8 Å². The minimum Gasteiger partial charge on any atom is -0.493 e. The van der Waals surface area contributed by atoms with Gasteiger partial charge in [-0.05, 0) is 43.4 Å². The van der Waals surface area contributed by atoms with Gasteiger partial charge in [0.05, 0.1) is 20.8 Å². The molecular formula is C20H31N3O3. The smallest absolute Gasteiger partial charge is 0.193 e. The number of guanidine groups is 1. The summed E-state index contributed by atoms with van der Waals surface area (Å²) in [5.74, 6) is 2.57. The van der Waals surface area contributed by atoms with Crippen LogP contribution in [0, 0.1) is 5.41 Å². The normalized spacial score (nSPS) is 22.9. The highest BCUT2D eigenvalue weighted by atomic mass is 16.5. The summed E-state index contributed by atoms with van der Waals surface area (Å²) in [7, 11) is 5.20. The summed E-state index contributed by atoms with van der Waals surface area (Å²) >= 11 is 0. The average Bonchev–Trinajstić information content (AvgIpc) is 3.31. The van der Waals surface area contributed by atoms with Crippen LogP contribution in [-0.4, -0.2) is 65.0 Å². The maximum Gasteiger partial charge on any atom is 0.193 e. The van der Waals surface area contributed by atoms with Crippen LogP contribution >= 0.6 is 0 Å². The molecule has 1 spiro atoms. The Hall–Kier alpha value is -1.95. The van der Waals surface area contributed by atoms with E-state index in [1.807, 2.05) is 13.1 Å². The molecule has 1 unspecified atom stereocenters. The molecule has 2 fully saturated rings. The van der Waals surface area contributed by atoms with Crippen molar-refractivity contribution in [2.75, 3.05) is 54.1 Å². The first-order chi connectivity index (χ1) is 12.7. The molecule has 26 heavy (non-hydrogen) atoms. The molecule has 0 amide bonds. The highest BCUT2D eigenvalue weighted by molar-refractivity contribution is 5.80. The highest BCUT2D eigenvalue weighted by Crippen LogP contribution is 2.38. The first kappa shape index (κ1) is 18.8. The van der Waals surface area contributed by atoms with Gasteiger partial charge >= 0.3 is 0 Å². The number of rotatable bonds is 6. The van der Waals surface area contributed by atoms with Crippen molar-refractivity contribution in [3.8, 4) is 11.5 Å². The summed E-state index contributed by atoms with van der Waals surface area (Å²) in [5.41, 5.74) is 1.61. The fourth-order valence-corrected chi connectivity index (χ4v) is 3.95. The number of nitrogens with one attached hydrogen (secondary N) is 1. The first-order valence-electron chi connectivity index (χ1n) is 9.44. The Morgan fingerprint density at radius 3 is 2.81 bits per heavy atom. The third kappa shape index (κ3) is 4.23. The number of aliphatic imine (C=N–C) groups is 1. The fraction of sp³-hybridized carbons (Fsp3) is 0.650. The summed E-state index contributed by atoms with van der Waals surface area (Å²) in [5, 5.41) is 3.52. The highest BCUT2D eigenvalue weighted by Gasteiger charge is 2.42. The van der Waals surface area contributed by atoms with Crippen LogP contribution in [0.5, 0.6) is 11.5 Å². The number of ether oxygens (including phenoxy) is 3. The molecule has 2 aliphatic heterocycles. The lowest BCUT2D eigenvalue weighted by Crippen LogP contribution is -2.41. The fourth-order valence-electron chi connectivity index (χ4n) is 3.95. The largest absolute Gasteiger partial charge is 0.493 e. The van der Waals surface area contributed by atoms with Crippen LogP contribution in [-0.2, 0) is 11.2 Å². The van der Waals surface area contributed by atoms with E-state index in [2.05, 4.69) is 27.3 Å². The Balaban J connectivity index is 1.45. The minimum atomic E-state index is 0.358. The van der Waals surface area contributed by atoms with Crippen LogP contribution in [0.25, 0.3) is 0 Å². The van der Waals surface area contributed by atoms with Gasteiger partial charge in [0.2, 0.25) is 0 Å². The molecule has 0 aliphatic carbocycles. The average molecular weight is 361 g/mol. The number of methoxy groups -OCH3 is 2. The van der Waals surface area contributed by atoms with Gasteiger partial charge in [-0.15, -0.1) is 0 Å². The van der Waals surface area contributed by atoms with E-state index in [9.17, 15) is 0 Å². The van der Waals surface area contributed by atoms with Crippen LogP contribution in [0.1, 0.15) is 24.8 Å². The van der Waals surface area contributed by atoms with Gasteiger partial charge in [0.25, 0.3) is 0 Å². The van der Waals surface area contributed by atoms with E-state index >= 15 is 0 Å². The lowest BCUT2D eigenvalue weighted by atomic mass is 9.87. The molecule has 0 radical (unpaired) electrons. The number of hydrogen-bond acceptors (Lipinski definition) is 4. The Bertz CT molecular complexity index is 627. The van der Waals surface area contributed by atoms with E-state index in [1.54, 1.807) is 14.2 Å². The van der Waals surface area contributed by atoms with E-state index in [-0.39, 0.29) is 0 Å². The number of nitrogens with zero attached hydrogens (tertiary/aromatic N) is 2. The van der Waals surface area contributed by atoms with E-state index in [4.69, 9.17) is 14.2 Å². The van der Waals surface area contributed by atoms with Crippen molar-refractivity contribution in [2.45, 2.75) is 25.7 Å². The maximum atomic E-state index is 5.62. The summed E-state index contributed by atoms with van der Waals surface area (Å²) in [4.78, 5) is 6.85. The van der Waals surface area contributed by atoms with Crippen molar-refractivity contribution in [2.24, 2.45) is 10.4 Å². The molecule has 2 saturated heterocycles. The summed E-state index contributed by atoms with van der Waals surface area (Å²) in [6, 6.07) is 6.12. The van der Waals surface area contributed by atoms with Gasteiger partial charge in [0.15, 0.2) is 17.5 Å². The van der Waals surface area contributed by atoms with Crippen molar-refractivity contribution in [1.29, 1.82) is 0 Å². The zero-order valence-electron chi connectivity index (χ0n) is 16.2. The summed E-state index contributed by atoms with van der Waals surface area (Å²) in [6.45, 7) is 4.84. The molecular weight excluding hydrogens is 330 g/mol. The number of benzene rings is 1. The Morgan fingerprint density at radius 2 is 2.12 bits per heavy atom. The maximum absolute atomic E-state index is 5.62. The minimum absolute atomic E-state index is 0.358. The zero-order valence-corrected chi connectivity index (χ0v) is 16.2. The molecule has 2 aliphatic rings. The van der Waals surface area contributed by atoms with Crippen LogP contribution in [0.15, 0.2) is 23.2 Å². The second-order valence-electron chi connectivity index (χ2n) is 7.24. The molecule has 144 valence electrons. The molecule has 1 aromatic carbocycles. The van der Waals surface area contributed by atoms with Crippen molar-refractivity contribution in [3.05, 3.63) is 23.8 Å². The third-order valence-electron chi connectivity index (χ3n) is 5.51. The lowest BCUT2D eigenvalue weighted by molar-refractivity contribution is 0.156. The molecule has 1 N–H and O–H groups in total. The monoisotopic (exact) mass is 361 g/mol. The number of hydrogen-bond donors (Lipinski definition) is 1. The molecule has 0 saturated carbocycles. The molecule has 3 rings (SSSR count). The Labute approximate surface area is 156 Å². The molecule has 1 aromatic rings. The van der Waals surface area contributed by atoms with Gasteiger partial charge in [-0.25, -0.2) is 0 Å². The first-order valence-corrected chi connectivity index (χ1v) is 9.44. The summed E-state index contributed by atoms with van der Waals surface area (Å²) < 4.78 is 16.3. The SMILES string of the molecule is CN=C(NCCCc1ccc(OC)c(OC)c1)N1CCC2(CCOC2)C1. The number of aryl methyl sites for hydroxylation is 1. The topological polar surface area (TPSA) is 55.3 Å². The van der Waals surface area contributed by atoms with E-state index in [0.717, 1.165) is 63.1 Å². The predicted molar refractivity (Wildman–Crippen MR) is 103 cm³/mol. The Morgan fingerprint density at radius 1 is 1.27 bits per heavy atom. The number of likely N-dealkylation sites (tertiary alicyclic amines) is 1. The van der Waals surface area contributed by atoms with Crippen molar-refractivity contribution in [3.63, 3.8) is 0 Å². The van der Waals surface area contributed by atoms with E-state index < -0.39 is 0 Å². The molecule has 0 bridgehead atoms. The Kier molecular flexibility index (Phi) is 6.25. The van der Waals surface area contributed by atoms with Gasteiger partial charge in [0.1, 0.15) is 0 Å². The van der Waals surface area contributed by atoms with Gasteiger partial charge in [-0.3, -0.25) is 4.99 Å². The third-order valence-corrected chi connectivity index (χ3v) is 5.51. The van der Waals surface area contributed by atoms with Gasteiger partial charge < -0.3 is 24.4 Å². The second kappa shape index (κ2) is 8.62. The van der Waals surface area contributed by atoms with Gasteiger partial charge in [-0.1, -0.05) is 6.07 Å². The van der Waals surface area contributed by atoms with Crippen molar-refractivity contribution < 1.29 is 14.2 Å². The summed E-state index contributed by atoms with van der Waals surface area (Å²) in [6.07, 6.45) is 4.41. The van der Waals surface area contributed by atoms with Gasteiger partial charge in [-0.2, -0.15) is 0 Å². The van der Waals surface area contributed by atoms with Crippen LogP contribution in [0.4, 0.5) is 0 Å². The molecule has 0 aromatic heterocycles. The van der Waals surface area contributed by atoms with Crippen LogP contribution in [0.2, 0.25) is 0 Å². The molecule has 1 atom stereocenters. The van der Waals surface area contributed by atoms with Crippen molar-refractivity contribution in [1.82, 2.24) is 10.2 Å². The quantitative estimate of drug-likeness (QED) is 0.479. The molecule has 6 heteroatoms. The molecule has 2 heterocycles. The van der Waals surface area contributed by atoms with Crippen LogP contribution in [0.3, 0.4) is 0 Å². The predicted octanol–water partition coefficient (Wildman–Crippen LogP) is 2.32. The van der Waals surface area contributed by atoms with E-state index in [1.165, 1.54) is 18.4 Å². The van der Waals surface area contributed by atoms with E-state index in [0.29, 0.717) is 5.41 Å². The van der Waals surface area contributed by atoms with Crippen molar-refractivity contribution >= 4 is 5.96 Å². The zero-order chi connectivity index (χ0) is 18.4. The standard InChI is InChI=1S/C20H31N3O3/c1-21-19(23-11-8-20(14-23)9-12-26-15-20)22-10-4-5-16-6-7-17(24-2)18(13-16)25-3/h6-7,13H,4-5,8-12,14-15H2,1-3H3,(H,21,22). The lowest BCUT2D eigenvalue weighted by Gasteiger charge is -2.25.